The van der Waals surface area contributed by atoms with E-state index in [-0.39, 0.29) is 5.41 Å². The second-order valence-electron chi connectivity index (χ2n) is 8.42. The number of aliphatic hydroxyl groups is 1. The smallest absolute Gasteiger partial charge is 0.131 e. The van der Waals surface area contributed by atoms with Crippen molar-refractivity contribution in [2.24, 2.45) is 29.1 Å². The fraction of sp³-hybridized carbons (Fsp3) is 0.652. The normalized spacial score (nSPS) is 46.5. The van der Waals surface area contributed by atoms with Gasteiger partial charge in [-0.25, -0.2) is 0 Å². The van der Waals surface area contributed by atoms with E-state index < -0.39 is 5.60 Å². The van der Waals surface area contributed by atoms with Gasteiger partial charge in [0.15, 0.2) is 0 Å². The Balaban J connectivity index is 1.69. The van der Waals surface area contributed by atoms with Crippen LogP contribution in [0.1, 0.15) is 58.3 Å². The van der Waals surface area contributed by atoms with Crippen LogP contribution in [0.25, 0.3) is 0 Å². The summed E-state index contributed by atoms with van der Waals surface area (Å²) in [5.74, 6) is 8.35. The number of rotatable bonds is 1. The van der Waals surface area contributed by atoms with Crippen LogP contribution in [-0.2, 0) is 0 Å². The van der Waals surface area contributed by atoms with Gasteiger partial charge in [-0.3, -0.25) is 0 Å². The molecule has 0 aromatic rings. The molecule has 1 N–H and O–H groups in total. The molecule has 1 nitrogen and oxygen atoms in total. The highest BCUT2D eigenvalue weighted by Crippen LogP contribution is 2.65. The molecule has 1 heteroatoms. The molecule has 0 heterocycles. The Kier molecular flexibility index (Phi) is 3.71. The fourth-order valence-corrected chi connectivity index (χ4v) is 6.85. The van der Waals surface area contributed by atoms with Crippen molar-refractivity contribution in [3.05, 3.63) is 23.3 Å². The summed E-state index contributed by atoms with van der Waals surface area (Å²) in [5.41, 5.74) is 1.72. The van der Waals surface area contributed by atoms with E-state index in [9.17, 15) is 5.11 Å². The van der Waals surface area contributed by atoms with Gasteiger partial charge in [-0.05, 0) is 86.7 Å². The molecular formula is C23H28O. The third-order valence-electron chi connectivity index (χ3n) is 8.03. The van der Waals surface area contributed by atoms with Gasteiger partial charge in [0.1, 0.15) is 5.60 Å². The lowest BCUT2D eigenvalue weighted by Gasteiger charge is -2.55. The molecule has 2 fully saturated rings. The molecule has 0 aromatic carbocycles. The summed E-state index contributed by atoms with van der Waals surface area (Å²) in [6.45, 7) is 2.23. The van der Waals surface area contributed by atoms with Crippen LogP contribution in [0.5, 0.6) is 0 Å². The summed E-state index contributed by atoms with van der Waals surface area (Å²) in [5, 5.41) is 11.2. The van der Waals surface area contributed by atoms with Gasteiger partial charge in [-0.1, -0.05) is 24.8 Å². The van der Waals surface area contributed by atoms with Gasteiger partial charge in [-0.15, -0.1) is 12.8 Å². The first-order valence-corrected chi connectivity index (χ1v) is 9.66. The molecule has 24 heavy (non-hydrogen) atoms. The Bertz CT molecular complexity index is 684. The van der Waals surface area contributed by atoms with Crippen molar-refractivity contribution in [3.8, 4) is 24.7 Å². The third kappa shape index (κ3) is 1.95. The van der Waals surface area contributed by atoms with Gasteiger partial charge >= 0.3 is 0 Å². The maximum absolute atomic E-state index is 11.2. The maximum Gasteiger partial charge on any atom is 0.131 e. The summed E-state index contributed by atoms with van der Waals surface area (Å²) in [6, 6.07) is 0. The van der Waals surface area contributed by atoms with Crippen molar-refractivity contribution in [3.63, 3.8) is 0 Å². The van der Waals surface area contributed by atoms with E-state index in [4.69, 9.17) is 12.8 Å². The standard InChI is InChI=1S/C23H28O/c1-4-16-7-9-18-17(15-16)8-10-20-19(18)11-13-22(5-2)21(20)12-14-23(22,24)6-3/h1,3,8,15,18-21,24H,5,7,9-14H2,2H3/t18-,19?,20+,21?,22-,23-/m1/s1. The SMILES string of the molecule is C#CC1=CC2=CC[C@H]3C(CC[C@]4(CC)C3CC[C@]4(O)C#C)[C@@H]2CC1. The molecular weight excluding hydrogens is 292 g/mol. The summed E-state index contributed by atoms with van der Waals surface area (Å²) < 4.78 is 0. The number of hydrogen-bond acceptors (Lipinski definition) is 1. The van der Waals surface area contributed by atoms with E-state index in [0.29, 0.717) is 17.8 Å². The van der Waals surface area contributed by atoms with Crippen molar-refractivity contribution in [1.29, 1.82) is 0 Å². The van der Waals surface area contributed by atoms with Crippen LogP contribution in [0.3, 0.4) is 0 Å². The predicted octanol–water partition coefficient (Wildman–Crippen LogP) is 4.48. The van der Waals surface area contributed by atoms with E-state index in [2.05, 4.69) is 30.9 Å². The molecule has 2 unspecified atom stereocenters. The second kappa shape index (κ2) is 5.54. The summed E-state index contributed by atoms with van der Waals surface area (Å²) in [4.78, 5) is 0. The predicted molar refractivity (Wildman–Crippen MR) is 97.8 cm³/mol. The highest BCUT2D eigenvalue weighted by atomic mass is 16.3. The van der Waals surface area contributed by atoms with Crippen molar-refractivity contribution < 1.29 is 5.11 Å². The highest BCUT2D eigenvalue weighted by molar-refractivity contribution is 5.40. The number of fused-ring (bicyclic) bond motifs is 5. The summed E-state index contributed by atoms with van der Waals surface area (Å²) >= 11 is 0. The molecule has 0 bridgehead atoms. The largest absolute Gasteiger partial charge is 0.377 e. The zero-order valence-electron chi connectivity index (χ0n) is 14.7. The van der Waals surface area contributed by atoms with Crippen molar-refractivity contribution in [2.75, 3.05) is 0 Å². The van der Waals surface area contributed by atoms with E-state index in [0.717, 1.165) is 50.0 Å². The Labute approximate surface area is 146 Å². The first kappa shape index (κ1) is 16.1. The number of hydrogen-bond donors (Lipinski definition) is 1. The van der Waals surface area contributed by atoms with E-state index in [1.807, 2.05) is 0 Å². The minimum Gasteiger partial charge on any atom is -0.377 e. The zero-order valence-corrected chi connectivity index (χ0v) is 14.7. The fourth-order valence-electron chi connectivity index (χ4n) is 6.85. The molecule has 4 aliphatic rings. The van der Waals surface area contributed by atoms with Crippen LogP contribution in [-0.4, -0.2) is 10.7 Å². The number of terminal acetylenes is 2. The van der Waals surface area contributed by atoms with Gasteiger partial charge in [0.05, 0.1) is 0 Å². The zero-order chi connectivity index (χ0) is 16.9. The Morgan fingerprint density at radius 2 is 2.04 bits per heavy atom. The Morgan fingerprint density at radius 3 is 2.75 bits per heavy atom. The van der Waals surface area contributed by atoms with Crippen molar-refractivity contribution in [1.82, 2.24) is 0 Å². The molecule has 6 atom stereocenters. The molecule has 126 valence electrons. The van der Waals surface area contributed by atoms with Crippen LogP contribution in [0.4, 0.5) is 0 Å². The molecule has 0 aromatic heterocycles. The van der Waals surface area contributed by atoms with Gasteiger partial charge in [0.25, 0.3) is 0 Å². The van der Waals surface area contributed by atoms with Gasteiger partial charge in [0, 0.05) is 11.0 Å². The van der Waals surface area contributed by atoms with Gasteiger partial charge in [0.2, 0.25) is 0 Å². The van der Waals surface area contributed by atoms with Crippen LogP contribution in [0.15, 0.2) is 23.3 Å². The second-order valence-corrected chi connectivity index (χ2v) is 8.42. The Hall–Kier alpha value is -1.44. The molecule has 0 radical (unpaired) electrons. The molecule has 4 aliphatic carbocycles. The van der Waals surface area contributed by atoms with E-state index in [1.54, 1.807) is 0 Å². The minimum atomic E-state index is -0.884. The lowest BCUT2D eigenvalue weighted by Crippen LogP contribution is -2.53. The average Bonchev–Trinajstić information content (AvgIpc) is 2.94. The monoisotopic (exact) mass is 320 g/mol. The quantitative estimate of drug-likeness (QED) is 0.706. The molecule has 0 amide bonds. The van der Waals surface area contributed by atoms with Crippen LogP contribution < -0.4 is 0 Å². The lowest BCUT2D eigenvalue weighted by molar-refractivity contribution is -0.0943. The Morgan fingerprint density at radius 1 is 1.21 bits per heavy atom. The van der Waals surface area contributed by atoms with E-state index in [1.165, 1.54) is 18.4 Å². The molecule has 0 spiro atoms. The summed E-state index contributed by atoms with van der Waals surface area (Å²) in [6.07, 6.45) is 24.7. The first-order valence-electron chi connectivity index (χ1n) is 9.66. The topological polar surface area (TPSA) is 20.2 Å². The third-order valence-corrected chi connectivity index (χ3v) is 8.03. The van der Waals surface area contributed by atoms with Crippen LogP contribution in [0, 0.1) is 53.8 Å². The summed E-state index contributed by atoms with van der Waals surface area (Å²) in [7, 11) is 0. The van der Waals surface area contributed by atoms with Crippen LogP contribution in [0.2, 0.25) is 0 Å². The molecule has 2 saturated carbocycles. The van der Waals surface area contributed by atoms with Crippen molar-refractivity contribution >= 4 is 0 Å². The first-order chi connectivity index (χ1) is 11.6. The van der Waals surface area contributed by atoms with Gasteiger partial charge < -0.3 is 5.11 Å². The van der Waals surface area contributed by atoms with E-state index >= 15 is 0 Å². The lowest BCUT2D eigenvalue weighted by atomic mass is 9.50. The van der Waals surface area contributed by atoms with Gasteiger partial charge in [-0.2, -0.15) is 0 Å². The minimum absolute atomic E-state index is 0.0528. The number of allylic oxidation sites excluding steroid dienone is 4. The highest BCUT2D eigenvalue weighted by Gasteiger charge is 2.63. The van der Waals surface area contributed by atoms with Crippen molar-refractivity contribution in [2.45, 2.75) is 63.9 Å². The average molecular weight is 320 g/mol. The molecule has 0 saturated heterocycles. The molecule has 0 aliphatic heterocycles. The van der Waals surface area contributed by atoms with Crippen LogP contribution >= 0.6 is 0 Å². The maximum atomic E-state index is 11.2. The molecule has 4 rings (SSSR count).